The first kappa shape index (κ1) is 21.4. The Bertz CT molecular complexity index is 888. The van der Waals surface area contributed by atoms with Crippen LogP contribution in [0, 0.1) is 6.92 Å². The molecule has 2 aromatic rings. The predicted molar refractivity (Wildman–Crippen MR) is 115 cm³/mol. The van der Waals surface area contributed by atoms with E-state index < -0.39 is 5.60 Å². The second-order valence-electron chi connectivity index (χ2n) is 9.07. The van der Waals surface area contributed by atoms with Crippen molar-refractivity contribution in [2.75, 3.05) is 20.1 Å². The lowest BCUT2D eigenvalue weighted by Gasteiger charge is -2.39. The molecule has 1 N–H and O–H groups in total. The Hall–Kier alpha value is -2.34. The summed E-state index contributed by atoms with van der Waals surface area (Å²) in [5.74, 6) is 0.152. The van der Waals surface area contributed by atoms with Gasteiger partial charge in [-0.3, -0.25) is 9.69 Å². The number of aromatic nitrogens is 1. The summed E-state index contributed by atoms with van der Waals surface area (Å²) in [6, 6.07) is 7.89. The van der Waals surface area contributed by atoms with Crippen LogP contribution >= 0.6 is 0 Å². The van der Waals surface area contributed by atoms with E-state index in [-0.39, 0.29) is 24.0 Å². The fourth-order valence-electron chi connectivity index (χ4n) is 4.11. The summed E-state index contributed by atoms with van der Waals surface area (Å²) in [6.45, 7) is 11.1. The molecule has 0 spiro atoms. The summed E-state index contributed by atoms with van der Waals surface area (Å²) < 4.78 is 5.48. The number of nitrogens with zero attached hydrogens (tertiary/aromatic N) is 2. The summed E-state index contributed by atoms with van der Waals surface area (Å²) in [7, 11) is 1.80. The van der Waals surface area contributed by atoms with Crippen molar-refractivity contribution < 1.29 is 14.3 Å². The van der Waals surface area contributed by atoms with E-state index in [1.165, 1.54) is 0 Å². The highest BCUT2D eigenvalue weighted by molar-refractivity contribution is 6.11. The zero-order valence-corrected chi connectivity index (χ0v) is 18.4. The summed E-state index contributed by atoms with van der Waals surface area (Å²) in [5, 5.41) is 0.987. The molecule has 1 atom stereocenters. The third kappa shape index (κ3) is 4.64. The Morgan fingerprint density at radius 3 is 2.45 bits per heavy atom. The number of rotatable bonds is 4. The summed E-state index contributed by atoms with van der Waals surface area (Å²) in [6.07, 6.45) is 1.38. The van der Waals surface area contributed by atoms with E-state index in [1.54, 1.807) is 11.9 Å². The largest absolute Gasteiger partial charge is 0.444 e. The number of likely N-dealkylation sites (tertiary alicyclic amines) is 1. The molecular weight excluding hydrogens is 366 g/mol. The fourth-order valence-corrected chi connectivity index (χ4v) is 4.11. The average Bonchev–Trinajstić information content (AvgIpc) is 3.00. The minimum Gasteiger partial charge on any atom is -0.444 e. The first-order valence-corrected chi connectivity index (χ1v) is 10.4. The first-order valence-electron chi connectivity index (χ1n) is 10.4. The number of carbonyl (C=O) groups excluding carboxylic acids is 2. The van der Waals surface area contributed by atoms with Crippen molar-refractivity contribution in [2.24, 2.45) is 0 Å². The Morgan fingerprint density at radius 2 is 1.83 bits per heavy atom. The predicted octanol–water partition coefficient (Wildman–Crippen LogP) is 4.38. The number of H-pyrrole nitrogens is 1. The van der Waals surface area contributed by atoms with Crippen molar-refractivity contribution in [1.29, 1.82) is 0 Å². The maximum atomic E-state index is 13.3. The molecule has 1 aliphatic rings. The van der Waals surface area contributed by atoms with Crippen molar-refractivity contribution >= 4 is 22.8 Å². The van der Waals surface area contributed by atoms with Crippen molar-refractivity contribution in [3.63, 3.8) is 0 Å². The molecule has 0 bridgehead atoms. The number of aromatic amines is 1. The van der Waals surface area contributed by atoms with Crippen LogP contribution in [0.15, 0.2) is 24.3 Å². The molecule has 158 valence electrons. The highest BCUT2D eigenvalue weighted by Gasteiger charge is 2.32. The number of para-hydroxylation sites is 1. The Balaban J connectivity index is 1.64. The second-order valence-corrected chi connectivity index (χ2v) is 9.07. The third-order valence-corrected chi connectivity index (χ3v) is 5.80. The molecule has 1 unspecified atom stereocenters. The van der Waals surface area contributed by atoms with Crippen molar-refractivity contribution in [3.8, 4) is 0 Å². The van der Waals surface area contributed by atoms with Gasteiger partial charge in [0, 0.05) is 48.3 Å². The topological polar surface area (TPSA) is 65.6 Å². The number of benzene rings is 1. The number of amides is 1. The maximum absolute atomic E-state index is 13.3. The van der Waals surface area contributed by atoms with Gasteiger partial charge in [0.1, 0.15) is 5.60 Å². The minimum absolute atomic E-state index is 0.137. The number of hydrogen-bond donors (Lipinski definition) is 1. The molecule has 1 aromatic heterocycles. The van der Waals surface area contributed by atoms with Crippen molar-refractivity contribution in [1.82, 2.24) is 14.8 Å². The second kappa shape index (κ2) is 8.19. The summed E-state index contributed by atoms with van der Waals surface area (Å²) in [5.41, 5.74) is 2.21. The molecule has 1 aromatic carbocycles. The number of fused-ring (bicyclic) bond motifs is 1. The number of ketones is 1. The number of aryl methyl sites for hydroxylation is 1. The highest BCUT2D eigenvalue weighted by atomic mass is 16.6. The van der Waals surface area contributed by atoms with Crippen LogP contribution in [0.5, 0.6) is 0 Å². The van der Waals surface area contributed by atoms with E-state index in [0.717, 1.165) is 48.1 Å². The van der Waals surface area contributed by atoms with Gasteiger partial charge in [0.05, 0.1) is 6.04 Å². The smallest absolute Gasteiger partial charge is 0.410 e. The van der Waals surface area contributed by atoms with Crippen LogP contribution in [-0.2, 0) is 4.74 Å². The number of hydrogen-bond acceptors (Lipinski definition) is 4. The van der Waals surface area contributed by atoms with Crippen molar-refractivity contribution in [2.45, 2.75) is 65.1 Å². The number of ether oxygens (including phenoxy) is 1. The number of nitrogens with one attached hydrogen (secondary N) is 1. The molecule has 0 saturated carbocycles. The Morgan fingerprint density at radius 1 is 1.21 bits per heavy atom. The molecule has 6 heteroatoms. The van der Waals surface area contributed by atoms with Gasteiger partial charge >= 0.3 is 6.09 Å². The standard InChI is InChI=1S/C23H33N3O3/c1-15-20(18-9-7-8-10-19(18)24-15)21(27)16(2)26-13-11-17(12-14-26)25(6)22(28)29-23(3,4)5/h7-10,16-17,24H,11-14H2,1-6H3. The maximum Gasteiger partial charge on any atom is 0.410 e. The average molecular weight is 400 g/mol. The van der Waals surface area contributed by atoms with Crippen LogP contribution in [-0.4, -0.2) is 64.5 Å². The molecule has 6 nitrogen and oxygen atoms in total. The number of carbonyl (C=O) groups is 2. The SMILES string of the molecule is Cc1[nH]c2ccccc2c1C(=O)C(C)N1CCC(N(C)C(=O)OC(C)(C)C)CC1. The van der Waals surface area contributed by atoms with E-state index in [9.17, 15) is 9.59 Å². The third-order valence-electron chi connectivity index (χ3n) is 5.80. The van der Waals surface area contributed by atoms with Gasteiger partial charge in [-0.1, -0.05) is 18.2 Å². The van der Waals surface area contributed by atoms with Gasteiger partial charge in [0.15, 0.2) is 5.78 Å². The monoisotopic (exact) mass is 399 g/mol. The van der Waals surface area contributed by atoms with Gasteiger partial charge in [0.2, 0.25) is 0 Å². The van der Waals surface area contributed by atoms with Crippen LogP contribution < -0.4 is 0 Å². The van der Waals surface area contributed by atoms with E-state index >= 15 is 0 Å². The summed E-state index contributed by atoms with van der Waals surface area (Å²) >= 11 is 0. The molecular formula is C23H33N3O3. The van der Waals surface area contributed by atoms with Crippen molar-refractivity contribution in [3.05, 3.63) is 35.5 Å². The highest BCUT2D eigenvalue weighted by Crippen LogP contribution is 2.26. The first-order chi connectivity index (χ1) is 13.6. The van der Waals surface area contributed by atoms with Gasteiger partial charge in [-0.25, -0.2) is 4.79 Å². The molecule has 29 heavy (non-hydrogen) atoms. The zero-order valence-electron chi connectivity index (χ0n) is 18.4. The quantitative estimate of drug-likeness (QED) is 0.775. The zero-order chi connectivity index (χ0) is 21.3. The molecule has 3 rings (SSSR count). The molecule has 1 amide bonds. The van der Waals surface area contributed by atoms with Gasteiger partial charge in [0.25, 0.3) is 0 Å². The Kier molecular flexibility index (Phi) is 6.03. The van der Waals surface area contributed by atoms with Gasteiger partial charge in [-0.05, 0) is 53.5 Å². The number of piperidine rings is 1. The fraction of sp³-hybridized carbons (Fsp3) is 0.565. The van der Waals surface area contributed by atoms with E-state index in [4.69, 9.17) is 4.74 Å². The van der Waals surface area contributed by atoms with Crippen LogP contribution in [0.4, 0.5) is 4.79 Å². The normalized spacial score (nSPS) is 17.3. The minimum atomic E-state index is -0.496. The molecule has 1 fully saturated rings. The summed E-state index contributed by atoms with van der Waals surface area (Å²) in [4.78, 5) is 32.9. The molecule has 1 aliphatic heterocycles. The number of Topliss-reactive ketones (excluding diaryl/α,β-unsaturated/α-hetero) is 1. The van der Waals surface area contributed by atoms with E-state index in [2.05, 4.69) is 9.88 Å². The van der Waals surface area contributed by atoms with Gasteiger partial charge in [-0.15, -0.1) is 0 Å². The lowest BCUT2D eigenvalue weighted by molar-refractivity contribution is 0.0134. The van der Waals surface area contributed by atoms with Gasteiger partial charge < -0.3 is 14.6 Å². The van der Waals surface area contributed by atoms with Crippen LogP contribution in [0.3, 0.4) is 0 Å². The van der Waals surface area contributed by atoms with Crippen LogP contribution in [0.25, 0.3) is 10.9 Å². The van der Waals surface area contributed by atoms with Crippen LogP contribution in [0.2, 0.25) is 0 Å². The molecule has 1 saturated heterocycles. The lowest BCUT2D eigenvalue weighted by atomic mass is 9.97. The Labute approximate surface area is 173 Å². The lowest BCUT2D eigenvalue weighted by Crippen LogP contribution is -2.50. The van der Waals surface area contributed by atoms with Crippen LogP contribution in [0.1, 0.15) is 56.6 Å². The molecule has 2 heterocycles. The van der Waals surface area contributed by atoms with Gasteiger partial charge in [-0.2, -0.15) is 0 Å². The van der Waals surface area contributed by atoms with E-state index in [0.29, 0.717) is 0 Å². The molecule has 0 aliphatic carbocycles. The van der Waals surface area contributed by atoms with E-state index in [1.807, 2.05) is 58.9 Å². The molecule has 0 radical (unpaired) electrons.